The Morgan fingerprint density at radius 2 is 1.85 bits per heavy atom. The third-order valence-electron chi connectivity index (χ3n) is 3.76. The summed E-state index contributed by atoms with van der Waals surface area (Å²) in [6, 6.07) is 8.90. The van der Waals surface area contributed by atoms with Crippen LogP contribution in [0.3, 0.4) is 0 Å². The minimum Gasteiger partial charge on any atom is -0.515 e. The second-order valence-electron chi connectivity index (χ2n) is 5.31. The molecule has 7 heteroatoms. The maximum absolute atomic E-state index is 12.2. The fourth-order valence-corrected chi connectivity index (χ4v) is 2.53. The van der Waals surface area contributed by atoms with Crippen LogP contribution < -0.4 is 4.74 Å². The van der Waals surface area contributed by atoms with E-state index in [2.05, 4.69) is 0 Å². The van der Waals surface area contributed by atoms with Crippen LogP contribution in [0.25, 0.3) is 5.57 Å². The summed E-state index contributed by atoms with van der Waals surface area (Å²) in [5, 5.41) is 9.59. The van der Waals surface area contributed by atoms with Crippen molar-refractivity contribution in [3.8, 4) is 5.75 Å². The van der Waals surface area contributed by atoms with Gasteiger partial charge in [0.25, 0.3) is 0 Å². The highest BCUT2D eigenvalue weighted by molar-refractivity contribution is 6.18. The van der Waals surface area contributed by atoms with Crippen LogP contribution in [-0.2, 0) is 20.8 Å². The number of hydrogen-bond donors (Lipinski definition) is 1. The van der Waals surface area contributed by atoms with Crippen molar-refractivity contribution in [2.24, 2.45) is 0 Å². The van der Waals surface area contributed by atoms with Gasteiger partial charge in [0, 0.05) is 12.7 Å². The SMILES string of the molecule is CCOC(=O)/C(=C/O)c1c(C(=O)OC)ccn1Cc1ccc(OC)cc1. The molecule has 138 valence electrons. The molecule has 0 aliphatic carbocycles. The van der Waals surface area contributed by atoms with Crippen LogP contribution in [0.2, 0.25) is 0 Å². The zero-order chi connectivity index (χ0) is 19.1. The predicted octanol–water partition coefficient (Wildman–Crippen LogP) is 2.79. The Labute approximate surface area is 151 Å². The van der Waals surface area contributed by atoms with Gasteiger partial charge in [-0.25, -0.2) is 9.59 Å². The Bertz CT molecular complexity index is 804. The van der Waals surface area contributed by atoms with Crippen molar-refractivity contribution in [3.63, 3.8) is 0 Å². The minimum absolute atomic E-state index is 0.120. The standard InChI is InChI=1S/C19H21NO6/c1-4-26-19(23)16(12-21)17-15(18(22)25-3)9-10-20(17)11-13-5-7-14(24-2)8-6-13/h5-10,12,21H,4,11H2,1-3H3/b16-12+. The van der Waals surface area contributed by atoms with Gasteiger partial charge in [-0.1, -0.05) is 12.1 Å². The summed E-state index contributed by atoms with van der Waals surface area (Å²) in [5.41, 5.74) is 1.19. The van der Waals surface area contributed by atoms with E-state index < -0.39 is 11.9 Å². The van der Waals surface area contributed by atoms with E-state index in [9.17, 15) is 14.7 Å². The minimum atomic E-state index is -0.727. The van der Waals surface area contributed by atoms with Gasteiger partial charge in [-0.15, -0.1) is 0 Å². The molecule has 0 radical (unpaired) electrons. The van der Waals surface area contributed by atoms with E-state index in [1.807, 2.05) is 24.3 Å². The molecule has 0 saturated heterocycles. The number of carbonyl (C=O) groups is 2. The van der Waals surface area contributed by atoms with Crippen LogP contribution in [0.1, 0.15) is 28.5 Å². The van der Waals surface area contributed by atoms with Crippen molar-refractivity contribution in [2.45, 2.75) is 13.5 Å². The molecule has 0 unspecified atom stereocenters. The van der Waals surface area contributed by atoms with Crippen LogP contribution in [0, 0.1) is 0 Å². The van der Waals surface area contributed by atoms with Gasteiger partial charge in [0.05, 0.1) is 38.3 Å². The molecule has 26 heavy (non-hydrogen) atoms. The number of rotatable bonds is 7. The largest absolute Gasteiger partial charge is 0.515 e. The van der Waals surface area contributed by atoms with Crippen molar-refractivity contribution in [1.29, 1.82) is 0 Å². The highest BCUT2D eigenvalue weighted by atomic mass is 16.5. The molecule has 1 heterocycles. The number of ether oxygens (including phenoxy) is 3. The lowest BCUT2D eigenvalue weighted by atomic mass is 10.1. The number of esters is 2. The Kier molecular flexibility index (Phi) is 6.43. The molecule has 2 rings (SSSR count). The molecule has 2 aromatic rings. The summed E-state index contributed by atoms with van der Waals surface area (Å²) in [4.78, 5) is 24.3. The Balaban J connectivity index is 2.46. The van der Waals surface area contributed by atoms with Gasteiger partial charge in [-0.05, 0) is 30.7 Å². The molecule has 0 atom stereocenters. The number of benzene rings is 1. The maximum atomic E-state index is 12.2. The van der Waals surface area contributed by atoms with Gasteiger partial charge in [-0.2, -0.15) is 0 Å². The number of methoxy groups -OCH3 is 2. The molecule has 0 aliphatic heterocycles. The number of aromatic nitrogens is 1. The number of hydrogen-bond acceptors (Lipinski definition) is 6. The Hall–Kier alpha value is -3.22. The molecular formula is C19H21NO6. The zero-order valence-electron chi connectivity index (χ0n) is 14.9. The van der Waals surface area contributed by atoms with Gasteiger partial charge >= 0.3 is 11.9 Å². The maximum Gasteiger partial charge on any atom is 0.343 e. The lowest BCUT2D eigenvalue weighted by molar-refractivity contribution is -0.136. The fraction of sp³-hybridized carbons (Fsp3) is 0.263. The van der Waals surface area contributed by atoms with Crippen LogP contribution in [-0.4, -0.2) is 42.4 Å². The third kappa shape index (κ3) is 4.05. The first kappa shape index (κ1) is 19.1. The zero-order valence-corrected chi connectivity index (χ0v) is 14.9. The van der Waals surface area contributed by atoms with Crippen LogP contribution in [0.4, 0.5) is 0 Å². The van der Waals surface area contributed by atoms with Crippen LogP contribution >= 0.6 is 0 Å². The first-order valence-electron chi connectivity index (χ1n) is 7.97. The molecule has 0 saturated carbocycles. The van der Waals surface area contributed by atoms with E-state index in [4.69, 9.17) is 14.2 Å². The van der Waals surface area contributed by atoms with E-state index >= 15 is 0 Å². The van der Waals surface area contributed by atoms with Gasteiger partial charge in [0.2, 0.25) is 0 Å². The normalized spacial score (nSPS) is 11.1. The highest BCUT2D eigenvalue weighted by Gasteiger charge is 2.25. The van der Waals surface area contributed by atoms with Gasteiger partial charge in [0.1, 0.15) is 11.3 Å². The highest BCUT2D eigenvalue weighted by Crippen LogP contribution is 2.24. The Morgan fingerprint density at radius 3 is 2.38 bits per heavy atom. The summed E-state index contributed by atoms with van der Waals surface area (Å²) in [5.74, 6) is -0.619. The van der Waals surface area contributed by atoms with Crippen molar-refractivity contribution in [1.82, 2.24) is 4.57 Å². The van der Waals surface area contributed by atoms with Crippen molar-refractivity contribution < 1.29 is 28.9 Å². The summed E-state index contributed by atoms with van der Waals surface area (Å²) >= 11 is 0. The molecular weight excluding hydrogens is 338 g/mol. The summed E-state index contributed by atoms with van der Waals surface area (Å²) in [6.07, 6.45) is 2.29. The van der Waals surface area contributed by atoms with Crippen LogP contribution in [0.15, 0.2) is 42.8 Å². The van der Waals surface area contributed by atoms with E-state index in [0.29, 0.717) is 12.8 Å². The van der Waals surface area contributed by atoms with Crippen molar-refractivity contribution in [2.75, 3.05) is 20.8 Å². The number of carbonyl (C=O) groups excluding carboxylic acids is 2. The number of aliphatic hydroxyl groups excluding tert-OH is 1. The lowest BCUT2D eigenvalue weighted by Crippen LogP contribution is -2.15. The third-order valence-corrected chi connectivity index (χ3v) is 3.76. The van der Waals surface area contributed by atoms with Crippen LogP contribution in [0.5, 0.6) is 5.75 Å². The molecule has 0 fully saturated rings. The molecule has 0 spiro atoms. The van der Waals surface area contributed by atoms with Gasteiger partial charge in [0.15, 0.2) is 0 Å². The Morgan fingerprint density at radius 1 is 1.15 bits per heavy atom. The molecule has 0 bridgehead atoms. The quantitative estimate of drug-likeness (QED) is 0.465. The average molecular weight is 359 g/mol. The predicted molar refractivity (Wildman–Crippen MR) is 95.1 cm³/mol. The first-order chi connectivity index (χ1) is 12.5. The van der Waals surface area contributed by atoms with Gasteiger partial charge < -0.3 is 23.9 Å². The van der Waals surface area contributed by atoms with Crippen molar-refractivity contribution >= 4 is 17.5 Å². The monoisotopic (exact) mass is 359 g/mol. The molecule has 0 aliphatic rings. The second-order valence-corrected chi connectivity index (χ2v) is 5.31. The smallest absolute Gasteiger partial charge is 0.343 e. The van der Waals surface area contributed by atoms with Crippen molar-refractivity contribution in [3.05, 3.63) is 59.6 Å². The lowest BCUT2D eigenvalue weighted by Gasteiger charge is -2.13. The second kappa shape index (κ2) is 8.75. The summed E-state index contributed by atoms with van der Waals surface area (Å²) in [7, 11) is 2.83. The van der Waals surface area contributed by atoms with E-state index in [-0.39, 0.29) is 23.4 Å². The van der Waals surface area contributed by atoms with E-state index in [1.54, 1.807) is 24.8 Å². The van der Waals surface area contributed by atoms with E-state index in [1.165, 1.54) is 13.2 Å². The molecule has 1 aromatic heterocycles. The average Bonchev–Trinajstić information content (AvgIpc) is 3.06. The molecule has 0 amide bonds. The number of nitrogens with zero attached hydrogens (tertiary/aromatic N) is 1. The van der Waals surface area contributed by atoms with Gasteiger partial charge in [-0.3, -0.25) is 0 Å². The molecule has 7 nitrogen and oxygen atoms in total. The summed E-state index contributed by atoms with van der Waals surface area (Å²) < 4.78 is 16.6. The fourth-order valence-electron chi connectivity index (χ4n) is 2.53. The van der Waals surface area contributed by atoms with E-state index in [0.717, 1.165) is 11.3 Å². The molecule has 1 aromatic carbocycles. The first-order valence-corrected chi connectivity index (χ1v) is 7.97. The topological polar surface area (TPSA) is 87.0 Å². The number of aliphatic hydroxyl groups is 1. The molecule has 1 N–H and O–H groups in total. The summed E-state index contributed by atoms with van der Waals surface area (Å²) in [6.45, 7) is 2.17.